The van der Waals surface area contributed by atoms with Gasteiger partial charge in [-0.1, -0.05) is 0 Å². The van der Waals surface area contributed by atoms with Crippen molar-refractivity contribution in [3.63, 3.8) is 0 Å². The van der Waals surface area contributed by atoms with Gasteiger partial charge < -0.3 is 19.8 Å². The molecule has 2 saturated heterocycles. The van der Waals surface area contributed by atoms with Gasteiger partial charge in [-0.15, -0.1) is 0 Å². The lowest BCUT2D eigenvalue weighted by molar-refractivity contribution is -0.0188. The van der Waals surface area contributed by atoms with Crippen LogP contribution in [-0.4, -0.2) is 55.9 Å². The topological polar surface area (TPSA) is 80.9 Å². The zero-order valence-corrected chi connectivity index (χ0v) is 14.6. The smallest absolute Gasteiger partial charge is 0.254 e. The summed E-state index contributed by atoms with van der Waals surface area (Å²) in [6.45, 7) is 2.46. The van der Waals surface area contributed by atoms with Gasteiger partial charge in [-0.3, -0.25) is 4.79 Å². The van der Waals surface area contributed by atoms with Gasteiger partial charge in [-0.05, 0) is 36.8 Å². The van der Waals surface area contributed by atoms with E-state index in [1.807, 2.05) is 47.6 Å². The molecule has 2 fully saturated rings. The Morgan fingerprint density at radius 3 is 2.81 bits per heavy atom. The molecule has 27 heavy (non-hydrogen) atoms. The zero-order valence-electron chi connectivity index (χ0n) is 14.6. The van der Waals surface area contributed by atoms with Crippen LogP contribution in [0.15, 0.2) is 49.1 Å². The number of carbonyl (C=O) groups excluding carboxylic acids is 1. The molecule has 4 aromatic rings. The van der Waals surface area contributed by atoms with Crippen LogP contribution in [0.5, 0.6) is 0 Å². The van der Waals surface area contributed by atoms with Crippen molar-refractivity contribution in [2.75, 3.05) is 24.5 Å². The third kappa shape index (κ3) is 1.99. The van der Waals surface area contributed by atoms with Crippen molar-refractivity contribution in [2.45, 2.75) is 12.0 Å². The van der Waals surface area contributed by atoms with Crippen LogP contribution in [0.2, 0.25) is 0 Å². The molecule has 7 heteroatoms. The number of H-pyrrole nitrogens is 2. The highest BCUT2D eigenvalue weighted by molar-refractivity contribution is 5.99. The van der Waals surface area contributed by atoms with Crippen LogP contribution in [0.25, 0.3) is 21.9 Å². The first-order valence-corrected chi connectivity index (χ1v) is 9.16. The second-order valence-electron chi connectivity index (χ2n) is 7.50. The molecule has 0 aliphatic carbocycles. The second kappa shape index (κ2) is 5.09. The van der Waals surface area contributed by atoms with Crippen molar-refractivity contribution < 1.29 is 4.79 Å². The number of hydrogen-bond acceptors (Lipinski definition) is 4. The molecule has 5 heterocycles. The minimum Gasteiger partial charge on any atom is -0.361 e. The van der Waals surface area contributed by atoms with E-state index >= 15 is 0 Å². The number of likely N-dealkylation sites (tertiary alicyclic amines) is 1. The molecule has 1 aromatic carbocycles. The second-order valence-corrected chi connectivity index (χ2v) is 7.50. The summed E-state index contributed by atoms with van der Waals surface area (Å²) in [7, 11) is 0. The number of aromatic amines is 2. The van der Waals surface area contributed by atoms with Crippen LogP contribution in [0, 0.1) is 0 Å². The molecule has 0 saturated carbocycles. The van der Waals surface area contributed by atoms with E-state index in [2.05, 4.69) is 24.8 Å². The summed E-state index contributed by atoms with van der Waals surface area (Å²) in [6.07, 6.45) is 6.42. The number of carbonyl (C=O) groups is 1. The number of amides is 1. The van der Waals surface area contributed by atoms with Crippen molar-refractivity contribution in [1.29, 1.82) is 0 Å². The zero-order chi connectivity index (χ0) is 18.0. The van der Waals surface area contributed by atoms with Crippen molar-refractivity contribution in [1.82, 2.24) is 24.8 Å². The summed E-state index contributed by atoms with van der Waals surface area (Å²) in [5.41, 5.74) is 2.61. The Hall–Kier alpha value is -3.35. The van der Waals surface area contributed by atoms with E-state index in [9.17, 15) is 4.79 Å². The average Bonchev–Trinajstić information content (AvgIpc) is 3.28. The molecule has 0 radical (unpaired) electrons. The Bertz CT molecular complexity index is 1190. The van der Waals surface area contributed by atoms with Crippen LogP contribution in [0.4, 0.5) is 5.82 Å². The molecule has 0 bridgehead atoms. The van der Waals surface area contributed by atoms with E-state index < -0.39 is 0 Å². The molecular weight excluding hydrogens is 340 g/mol. The minimum atomic E-state index is -0.0578. The predicted octanol–water partition coefficient (Wildman–Crippen LogP) is 2.54. The number of aromatic nitrogens is 4. The van der Waals surface area contributed by atoms with Crippen LogP contribution < -0.4 is 4.90 Å². The molecule has 134 valence electrons. The van der Waals surface area contributed by atoms with Gasteiger partial charge in [-0.2, -0.15) is 0 Å². The summed E-state index contributed by atoms with van der Waals surface area (Å²) in [6, 6.07) is 9.87. The normalized spacial score (nSPS) is 18.1. The summed E-state index contributed by atoms with van der Waals surface area (Å²) in [5, 5.41) is 2.10. The maximum atomic E-state index is 13.1. The Kier molecular flexibility index (Phi) is 2.79. The number of nitrogens with one attached hydrogen (secondary N) is 2. The molecule has 3 aromatic heterocycles. The van der Waals surface area contributed by atoms with Crippen molar-refractivity contribution >= 4 is 33.7 Å². The van der Waals surface area contributed by atoms with E-state index in [4.69, 9.17) is 0 Å². The van der Waals surface area contributed by atoms with E-state index in [0.29, 0.717) is 0 Å². The predicted molar refractivity (Wildman–Crippen MR) is 103 cm³/mol. The third-order valence-corrected chi connectivity index (χ3v) is 6.02. The van der Waals surface area contributed by atoms with Gasteiger partial charge >= 0.3 is 0 Å². The number of fused-ring (bicyclic) bond motifs is 2. The van der Waals surface area contributed by atoms with Gasteiger partial charge in [0.25, 0.3) is 5.91 Å². The lowest BCUT2D eigenvalue weighted by atomic mass is 9.77. The van der Waals surface area contributed by atoms with Gasteiger partial charge in [0.2, 0.25) is 0 Å². The fourth-order valence-electron chi connectivity index (χ4n) is 4.45. The van der Waals surface area contributed by atoms with Gasteiger partial charge in [0.05, 0.1) is 10.9 Å². The van der Waals surface area contributed by atoms with Gasteiger partial charge in [0, 0.05) is 48.5 Å². The molecular formula is C20H18N6O. The highest BCUT2D eigenvalue weighted by Gasteiger charge is 2.56. The number of rotatable bonds is 2. The van der Waals surface area contributed by atoms with Crippen LogP contribution >= 0.6 is 0 Å². The van der Waals surface area contributed by atoms with Crippen LogP contribution in [0.3, 0.4) is 0 Å². The van der Waals surface area contributed by atoms with E-state index in [0.717, 1.165) is 59.4 Å². The SMILES string of the molecule is O=C(c1ccc2[nH]ccc2c1)N1CCC12CN(c1ncnc3[nH]ccc13)C2. The number of nitrogens with zero attached hydrogens (tertiary/aromatic N) is 4. The molecule has 2 aliphatic heterocycles. The summed E-state index contributed by atoms with van der Waals surface area (Å²) in [5.74, 6) is 1.07. The molecule has 2 N–H and O–H groups in total. The van der Waals surface area contributed by atoms with E-state index in [1.165, 1.54) is 0 Å². The fraction of sp³-hybridized carbons (Fsp3) is 0.250. The molecule has 2 aliphatic rings. The molecule has 0 unspecified atom stereocenters. The number of anilines is 1. The molecule has 1 spiro atoms. The molecule has 6 rings (SSSR count). The number of hydrogen-bond donors (Lipinski definition) is 2. The Balaban J connectivity index is 1.25. The summed E-state index contributed by atoms with van der Waals surface area (Å²) in [4.78, 5) is 32.4. The lowest BCUT2D eigenvalue weighted by Gasteiger charge is -2.62. The number of benzene rings is 1. The maximum absolute atomic E-state index is 13.1. The van der Waals surface area contributed by atoms with Crippen molar-refractivity contribution in [3.05, 3.63) is 54.6 Å². The summed E-state index contributed by atoms with van der Waals surface area (Å²) < 4.78 is 0. The Morgan fingerprint density at radius 1 is 1.07 bits per heavy atom. The maximum Gasteiger partial charge on any atom is 0.254 e. The summed E-state index contributed by atoms with van der Waals surface area (Å²) >= 11 is 0. The van der Waals surface area contributed by atoms with Gasteiger partial charge in [0.15, 0.2) is 0 Å². The highest BCUT2D eigenvalue weighted by atomic mass is 16.2. The van der Waals surface area contributed by atoms with E-state index in [-0.39, 0.29) is 11.4 Å². The lowest BCUT2D eigenvalue weighted by Crippen LogP contribution is -2.78. The Labute approximate surface area is 155 Å². The van der Waals surface area contributed by atoms with Crippen LogP contribution in [-0.2, 0) is 0 Å². The first-order valence-electron chi connectivity index (χ1n) is 9.16. The Morgan fingerprint density at radius 2 is 1.96 bits per heavy atom. The van der Waals surface area contributed by atoms with Gasteiger partial charge in [0.1, 0.15) is 17.8 Å². The largest absolute Gasteiger partial charge is 0.361 e. The van der Waals surface area contributed by atoms with Crippen molar-refractivity contribution in [2.24, 2.45) is 0 Å². The fourth-order valence-corrected chi connectivity index (χ4v) is 4.45. The van der Waals surface area contributed by atoms with Gasteiger partial charge in [-0.25, -0.2) is 9.97 Å². The molecule has 1 amide bonds. The standard InChI is InChI=1S/C20H18N6O/c27-19(14-1-2-16-13(9-14)3-6-21-16)26-8-5-20(26)10-25(11-20)18-15-4-7-22-17(15)23-12-24-18/h1-4,6-7,9,12,21H,5,8,10-11H2,(H,22,23,24). The average molecular weight is 358 g/mol. The van der Waals surface area contributed by atoms with E-state index in [1.54, 1.807) is 6.33 Å². The third-order valence-electron chi connectivity index (χ3n) is 6.02. The quantitative estimate of drug-likeness (QED) is 0.577. The molecule has 7 nitrogen and oxygen atoms in total. The van der Waals surface area contributed by atoms with Crippen molar-refractivity contribution in [3.8, 4) is 0 Å². The molecule has 0 atom stereocenters. The monoisotopic (exact) mass is 358 g/mol. The van der Waals surface area contributed by atoms with Crippen LogP contribution in [0.1, 0.15) is 16.8 Å². The minimum absolute atomic E-state index is 0.0578. The highest BCUT2D eigenvalue weighted by Crippen LogP contribution is 2.42. The first-order chi connectivity index (χ1) is 13.2. The first kappa shape index (κ1) is 14.8.